The third-order valence-corrected chi connectivity index (χ3v) is 3.35. The van der Waals surface area contributed by atoms with Crippen molar-refractivity contribution in [2.24, 2.45) is 11.7 Å². The van der Waals surface area contributed by atoms with Crippen molar-refractivity contribution in [2.45, 2.75) is 32.6 Å². The molecule has 1 unspecified atom stereocenters. The molecule has 0 heterocycles. The highest BCUT2D eigenvalue weighted by Gasteiger charge is 2.10. The lowest BCUT2D eigenvalue weighted by Crippen LogP contribution is -2.20. The number of ether oxygens (including phenoxy) is 2. The molecule has 0 fully saturated rings. The van der Waals surface area contributed by atoms with E-state index in [1.165, 1.54) is 12.8 Å². The fourth-order valence-electron chi connectivity index (χ4n) is 2.05. The van der Waals surface area contributed by atoms with Gasteiger partial charge in [-0.15, -0.1) is 0 Å². The first-order valence-corrected chi connectivity index (χ1v) is 7.35. The summed E-state index contributed by atoms with van der Waals surface area (Å²) >= 11 is 0. The molecule has 114 valence electrons. The van der Waals surface area contributed by atoms with Crippen LogP contribution in [0.15, 0.2) is 18.2 Å². The van der Waals surface area contributed by atoms with Crippen molar-refractivity contribution in [2.75, 3.05) is 26.9 Å². The molecule has 0 bridgehead atoms. The Morgan fingerprint density at radius 1 is 1.25 bits per heavy atom. The maximum Gasteiger partial charge on any atom is 0.161 e. The fraction of sp³-hybridized carbons (Fsp3) is 0.625. The molecule has 1 atom stereocenters. The Hall–Kier alpha value is -1.26. The molecule has 0 aliphatic heterocycles. The van der Waals surface area contributed by atoms with Crippen molar-refractivity contribution >= 4 is 0 Å². The van der Waals surface area contributed by atoms with Crippen LogP contribution in [0.3, 0.4) is 0 Å². The second kappa shape index (κ2) is 9.61. The molecule has 1 rings (SSSR count). The summed E-state index contributed by atoms with van der Waals surface area (Å²) in [6.07, 6.45) is 4.16. The second-order valence-electron chi connectivity index (χ2n) is 5.03. The van der Waals surface area contributed by atoms with E-state index in [1.807, 2.05) is 18.2 Å². The molecule has 3 N–H and O–H groups in total. The predicted octanol–water partition coefficient (Wildman–Crippen LogP) is 2.37. The molecule has 0 aromatic heterocycles. The predicted molar refractivity (Wildman–Crippen MR) is 81.3 cm³/mol. The van der Waals surface area contributed by atoms with Crippen LogP contribution >= 0.6 is 0 Å². The molecule has 4 heteroatoms. The van der Waals surface area contributed by atoms with Gasteiger partial charge in [-0.1, -0.05) is 25.8 Å². The molecular weight excluding hydrogens is 254 g/mol. The van der Waals surface area contributed by atoms with Crippen LogP contribution in [0.4, 0.5) is 0 Å². The highest BCUT2D eigenvalue weighted by molar-refractivity contribution is 5.43. The fourth-order valence-corrected chi connectivity index (χ4v) is 2.05. The maximum absolute atomic E-state index is 9.20. The van der Waals surface area contributed by atoms with Gasteiger partial charge in [-0.25, -0.2) is 0 Å². The lowest BCUT2D eigenvalue weighted by Gasteiger charge is -2.15. The summed E-state index contributed by atoms with van der Waals surface area (Å²) in [7, 11) is 1.64. The van der Waals surface area contributed by atoms with Crippen molar-refractivity contribution in [1.82, 2.24) is 0 Å². The van der Waals surface area contributed by atoms with E-state index in [0.717, 1.165) is 29.9 Å². The highest BCUT2D eigenvalue weighted by atomic mass is 16.5. The largest absolute Gasteiger partial charge is 0.493 e. The average Bonchev–Trinajstić information content (AvgIpc) is 2.49. The van der Waals surface area contributed by atoms with E-state index < -0.39 is 0 Å². The summed E-state index contributed by atoms with van der Waals surface area (Å²) in [4.78, 5) is 0. The summed E-state index contributed by atoms with van der Waals surface area (Å²) in [6.45, 7) is 3.47. The quantitative estimate of drug-likeness (QED) is 0.646. The van der Waals surface area contributed by atoms with Gasteiger partial charge in [0.15, 0.2) is 11.5 Å². The van der Waals surface area contributed by atoms with Gasteiger partial charge in [0.25, 0.3) is 0 Å². The molecule has 0 amide bonds. The number of nitrogens with two attached hydrogens (primary N) is 1. The molecular formula is C16H27NO3. The molecule has 1 aromatic carbocycles. The summed E-state index contributed by atoms with van der Waals surface area (Å²) in [5, 5.41) is 9.20. The van der Waals surface area contributed by atoms with Gasteiger partial charge >= 0.3 is 0 Å². The number of rotatable bonds is 10. The van der Waals surface area contributed by atoms with Crippen molar-refractivity contribution < 1.29 is 14.6 Å². The topological polar surface area (TPSA) is 64.7 Å². The molecule has 0 spiro atoms. The van der Waals surface area contributed by atoms with Gasteiger partial charge in [-0.05, 0) is 43.0 Å². The molecule has 0 saturated carbocycles. The summed E-state index contributed by atoms with van der Waals surface area (Å²) < 4.78 is 11.1. The second-order valence-corrected chi connectivity index (χ2v) is 5.03. The average molecular weight is 281 g/mol. The van der Waals surface area contributed by atoms with E-state index in [1.54, 1.807) is 7.11 Å². The molecule has 0 radical (unpaired) electrons. The third kappa shape index (κ3) is 5.39. The SMILES string of the molecule is CCCCCOc1ccc(CC(CN)CO)cc1OC. The molecule has 0 aliphatic carbocycles. The van der Waals surface area contributed by atoms with Gasteiger partial charge in [0, 0.05) is 6.61 Å². The van der Waals surface area contributed by atoms with Gasteiger partial charge in [-0.3, -0.25) is 0 Å². The van der Waals surface area contributed by atoms with Crippen molar-refractivity contribution in [1.29, 1.82) is 0 Å². The Labute approximate surface area is 121 Å². The molecule has 0 saturated heterocycles. The minimum atomic E-state index is 0.0935. The van der Waals surface area contributed by atoms with E-state index in [4.69, 9.17) is 15.2 Å². The van der Waals surface area contributed by atoms with Crippen LogP contribution in [-0.4, -0.2) is 32.0 Å². The molecule has 0 aliphatic rings. The van der Waals surface area contributed by atoms with E-state index in [2.05, 4.69) is 6.92 Å². The zero-order valence-corrected chi connectivity index (χ0v) is 12.6. The van der Waals surface area contributed by atoms with Crippen molar-refractivity contribution in [3.05, 3.63) is 23.8 Å². The molecule has 20 heavy (non-hydrogen) atoms. The van der Waals surface area contributed by atoms with Gasteiger partial charge in [-0.2, -0.15) is 0 Å². The normalized spacial score (nSPS) is 12.2. The van der Waals surface area contributed by atoms with Crippen LogP contribution in [0.5, 0.6) is 11.5 Å². The third-order valence-electron chi connectivity index (χ3n) is 3.35. The van der Waals surface area contributed by atoms with Gasteiger partial charge in [0.05, 0.1) is 13.7 Å². The summed E-state index contributed by atoms with van der Waals surface area (Å²) in [5.41, 5.74) is 6.71. The van der Waals surface area contributed by atoms with Crippen LogP contribution in [0.25, 0.3) is 0 Å². The first kappa shape index (κ1) is 16.8. The summed E-state index contributed by atoms with van der Waals surface area (Å²) in [6, 6.07) is 5.91. The molecule has 1 aromatic rings. The van der Waals surface area contributed by atoms with E-state index >= 15 is 0 Å². The Morgan fingerprint density at radius 2 is 2.05 bits per heavy atom. The smallest absolute Gasteiger partial charge is 0.161 e. The zero-order chi connectivity index (χ0) is 14.8. The zero-order valence-electron chi connectivity index (χ0n) is 12.6. The number of hydrogen-bond donors (Lipinski definition) is 2. The Bertz CT molecular complexity index is 378. The minimum Gasteiger partial charge on any atom is -0.493 e. The van der Waals surface area contributed by atoms with Crippen molar-refractivity contribution in [3.63, 3.8) is 0 Å². The standard InChI is InChI=1S/C16H27NO3/c1-3-4-5-8-20-15-7-6-13(10-16(15)19-2)9-14(11-17)12-18/h6-7,10,14,18H,3-5,8-9,11-12,17H2,1-2H3. The lowest BCUT2D eigenvalue weighted by molar-refractivity contribution is 0.229. The van der Waals surface area contributed by atoms with Crippen LogP contribution in [-0.2, 0) is 6.42 Å². The maximum atomic E-state index is 9.20. The Morgan fingerprint density at radius 3 is 2.65 bits per heavy atom. The van der Waals surface area contributed by atoms with Crippen LogP contribution in [0, 0.1) is 5.92 Å². The number of benzene rings is 1. The Kier molecular flexibility index (Phi) is 8.07. The Balaban J connectivity index is 2.64. The van der Waals surface area contributed by atoms with Crippen LogP contribution < -0.4 is 15.2 Å². The number of unbranched alkanes of at least 4 members (excludes halogenated alkanes) is 2. The van der Waals surface area contributed by atoms with Crippen LogP contribution in [0.2, 0.25) is 0 Å². The lowest BCUT2D eigenvalue weighted by atomic mass is 10.00. The monoisotopic (exact) mass is 281 g/mol. The minimum absolute atomic E-state index is 0.0935. The number of aliphatic hydroxyl groups is 1. The van der Waals surface area contributed by atoms with Gasteiger partial charge in [0.2, 0.25) is 0 Å². The highest BCUT2D eigenvalue weighted by Crippen LogP contribution is 2.29. The van der Waals surface area contributed by atoms with Crippen LogP contribution in [0.1, 0.15) is 31.7 Å². The molecule has 4 nitrogen and oxygen atoms in total. The van der Waals surface area contributed by atoms with Gasteiger partial charge < -0.3 is 20.3 Å². The van der Waals surface area contributed by atoms with Gasteiger partial charge in [0.1, 0.15) is 0 Å². The summed E-state index contributed by atoms with van der Waals surface area (Å²) in [5.74, 6) is 1.62. The van der Waals surface area contributed by atoms with E-state index in [-0.39, 0.29) is 12.5 Å². The van der Waals surface area contributed by atoms with E-state index in [0.29, 0.717) is 13.2 Å². The first-order valence-electron chi connectivity index (χ1n) is 7.35. The number of hydrogen-bond acceptors (Lipinski definition) is 4. The first-order chi connectivity index (χ1) is 9.74. The number of methoxy groups -OCH3 is 1. The number of aliphatic hydroxyl groups excluding tert-OH is 1. The van der Waals surface area contributed by atoms with E-state index in [9.17, 15) is 5.11 Å². The van der Waals surface area contributed by atoms with Crippen molar-refractivity contribution in [3.8, 4) is 11.5 Å².